The predicted octanol–water partition coefficient (Wildman–Crippen LogP) is 5.04. The normalized spacial score (nSPS) is 10.4. The molecule has 4 nitrogen and oxygen atoms in total. The molecule has 0 radical (unpaired) electrons. The van der Waals surface area contributed by atoms with Gasteiger partial charge in [-0.15, -0.1) is 11.3 Å². The first-order valence-corrected chi connectivity index (χ1v) is 9.65. The first-order valence-electron chi connectivity index (χ1n) is 7.98. The molecule has 0 saturated carbocycles. The van der Waals surface area contributed by atoms with Crippen LogP contribution in [0.1, 0.15) is 25.6 Å². The molecule has 2 amide bonds. The van der Waals surface area contributed by atoms with Gasteiger partial charge in [-0.25, -0.2) is 0 Å². The Morgan fingerprint density at radius 2 is 1.73 bits per heavy atom. The SMILES string of the molecule is CN(Cc1ccc(Br)cc1)C(=O)c1ccc(NC(=O)c2cccs2)cc1. The van der Waals surface area contributed by atoms with Gasteiger partial charge in [0.2, 0.25) is 0 Å². The monoisotopic (exact) mass is 428 g/mol. The molecule has 2 aromatic carbocycles. The zero-order chi connectivity index (χ0) is 18.5. The van der Waals surface area contributed by atoms with E-state index in [1.807, 2.05) is 35.7 Å². The number of anilines is 1. The number of nitrogens with zero attached hydrogens (tertiary/aromatic N) is 1. The smallest absolute Gasteiger partial charge is 0.265 e. The van der Waals surface area contributed by atoms with E-state index >= 15 is 0 Å². The van der Waals surface area contributed by atoms with Gasteiger partial charge in [0.15, 0.2) is 0 Å². The van der Waals surface area contributed by atoms with Gasteiger partial charge in [0.05, 0.1) is 4.88 Å². The Bertz CT molecular complexity index is 891. The minimum absolute atomic E-state index is 0.0657. The summed E-state index contributed by atoms with van der Waals surface area (Å²) in [7, 11) is 1.77. The molecule has 0 spiro atoms. The van der Waals surface area contributed by atoms with Crippen LogP contribution in [-0.2, 0) is 6.54 Å². The second-order valence-electron chi connectivity index (χ2n) is 5.80. The van der Waals surface area contributed by atoms with Gasteiger partial charge in [-0.1, -0.05) is 34.1 Å². The predicted molar refractivity (Wildman–Crippen MR) is 109 cm³/mol. The van der Waals surface area contributed by atoms with Crippen LogP contribution in [0.25, 0.3) is 0 Å². The van der Waals surface area contributed by atoms with Crippen LogP contribution in [0.5, 0.6) is 0 Å². The zero-order valence-electron chi connectivity index (χ0n) is 14.1. The van der Waals surface area contributed by atoms with Crippen LogP contribution in [0.4, 0.5) is 5.69 Å². The topological polar surface area (TPSA) is 49.4 Å². The van der Waals surface area contributed by atoms with Gasteiger partial charge in [-0.2, -0.15) is 0 Å². The van der Waals surface area contributed by atoms with Gasteiger partial charge in [0, 0.05) is 29.3 Å². The summed E-state index contributed by atoms with van der Waals surface area (Å²) >= 11 is 4.79. The molecule has 0 aliphatic heterocycles. The van der Waals surface area contributed by atoms with E-state index in [-0.39, 0.29) is 11.8 Å². The minimum Gasteiger partial charge on any atom is -0.337 e. The summed E-state index contributed by atoms with van der Waals surface area (Å²) in [6, 6.07) is 18.4. The van der Waals surface area contributed by atoms with Crippen molar-refractivity contribution < 1.29 is 9.59 Å². The van der Waals surface area contributed by atoms with E-state index in [9.17, 15) is 9.59 Å². The Labute approximate surface area is 164 Å². The number of carbonyl (C=O) groups excluding carboxylic acids is 2. The Balaban J connectivity index is 1.62. The van der Waals surface area contributed by atoms with Crippen LogP contribution in [0.15, 0.2) is 70.5 Å². The molecular formula is C20H17BrN2O2S. The number of thiophene rings is 1. The van der Waals surface area contributed by atoms with Crippen LogP contribution >= 0.6 is 27.3 Å². The second kappa shape index (κ2) is 8.29. The number of nitrogens with one attached hydrogen (secondary N) is 1. The van der Waals surface area contributed by atoms with E-state index in [1.165, 1.54) is 11.3 Å². The molecule has 26 heavy (non-hydrogen) atoms. The number of hydrogen-bond acceptors (Lipinski definition) is 3. The molecule has 0 unspecified atom stereocenters. The summed E-state index contributed by atoms with van der Waals surface area (Å²) in [5.41, 5.74) is 2.30. The third-order valence-electron chi connectivity index (χ3n) is 3.81. The molecule has 3 aromatic rings. The third-order valence-corrected chi connectivity index (χ3v) is 5.21. The lowest BCUT2D eigenvalue weighted by atomic mass is 10.1. The first kappa shape index (κ1) is 18.4. The Hall–Kier alpha value is -2.44. The molecule has 3 rings (SSSR count). The first-order chi connectivity index (χ1) is 12.5. The quantitative estimate of drug-likeness (QED) is 0.618. The zero-order valence-corrected chi connectivity index (χ0v) is 16.5. The van der Waals surface area contributed by atoms with Gasteiger partial charge in [0.1, 0.15) is 0 Å². The average Bonchev–Trinajstić information content (AvgIpc) is 3.18. The molecule has 0 saturated heterocycles. The molecule has 132 valence electrons. The standard InChI is InChI=1S/C20H17BrN2O2S/c1-23(13-14-4-8-16(21)9-5-14)20(25)15-6-10-17(11-7-15)22-19(24)18-3-2-12-26-18/h2-12H,13H2,1H3,(H,22,24). The fourth-order valence-electron chi connectivity index (χ4n) is 2.45. The van der Waals surface area contributed by atoms with E-state index in [4.69, 9.17) is 0 Å². The third kappa shape index (κ3) is 4.59. The second-order valence-corrected chi connectivity index (χ2v) is 7.66. The van der Waals surface area contributed by atoms with E-state index in [1.54, 1.807) is 42.3 Å². The van der Waals surface area contributed by atoms with E-state index < -0.39 is 0 Å². The van der Waals surface area contributed by atoms with Gasteiger partial charge >= 0.3 is 0 Å². The lowest BCUT2D eigenvalue weighted by Gasteiger charge is -2.17. The van der Waals surface area contributed by atoms with Crippen molar-refractivity contribution >= 4 is 44.8 Å². The highest BCUT2D eigenvalue weighted by atomic mass is 79.9. The maximum atomic E-state index is 12.6. The number of hydrogen-bond donors (Lipinski definition) is 1. The lowest BCUT2D eigenvalue weighted by Crippen LogP contribution is -2.26. The van der Waals surface area contributed by atoms with Crippen LogP contribution in [0.3, 0.4) is 0 Å². The van der Waals surface area contributed by atoms with Crippen molar-refractivity contribution in [1.29, 1.82) is 0 Å². The molecule has 0 bridgehead atoms. The van der Waals surface area contributed by atoms with Crippen LogP contribution in [0, 0.1) is 0 Å². The molecule has 0 aliphatic rings. The maximum absolute atomic E-state index is 12.6. The number of rotatable bonds is 5. The van der Waals surface area contributed by atoms with E-state index in [2.05, 4.69) is 21.2 Å². The fraction of sp³-hybridized carbons (Fsp3) is 0.100. The summed E-state index contributed by atoms with van der Waals surface area (Å²) in [5, 5.41) is 4.69. The largest absolute Gasteiger partial charge is 0.337 e. The van der Waals surface area contributed by atoms with E-state index in [0.29, 0.717) is 22.7 Å². The molecule has 1 aromatic heterocycles. The number of carbonyl (C=O) groups is 2. The van der Waals surface area contributed by atoms with Crippen molar-refractivity contribution in [3.8, 4) is 0 Å². The Morgan fingerprint density at radius 1 is 1.04 bits per heavy atom. The Kier molecular flexibility index (Phi) is 5.85. The van der Waals surface area contributed by atoms with Gasteiger partial charge in [-0.3, -0.25) is 9.59 Å². The molecule has 1 heterocycles. The van der Waals surface area contributed by atoms with Gasteiger partial charge in [0.25, 0.3) is 11.8 Å². The van der Waals surface area contributed by atoms with Gasteiger partial charge < -0.3 is 10.2 Å². The van der Waals surface area contributed by atoms with Crippen molar-refractivity contribution in [2.75, 3.05) is 12.4 Å². The van der Waals surface area contributed by atoms with Crippen LogP contribution in [-0.4, -0.2) is 23.8 Å². The van der Waals surface area contributed by atoms with Crippen molar-refractivity contribution in [3.05, 3.63) is 86.5 Å². The summed E-state index contributed by atoms with van der Waals surface area (Å²) in [4.78, 5) is 26.9. The van der Waals surface area contributed by atoms with Crippen LogP contribution < -0.4 is 5.32 Å². The maximum Gasteiger partial charge on any atom is 0.265 e. The number of amides is 2. The molecule has 1 N–H and O–H groups in total. The minimum atomic E-state index is -0.147. The van der Waals surface area contributed by atoms with Crippen molar-refractivity contribution in [2.24, 2.45) is 0 Å². The van der Waals surface area contributed by atoms with Crippen molar-refractivity contribution in [2.45, 2.75) is 6.54 Å². The molecule has 6 heteroatoms. The lowest BCUT2D eigenvalue weighted by molar-refractivity contribution is 0.0785. The van der Waals surface area contributed by atoms with E-state index in [0.717, 1.165) is 10.0 Å². The fourth-order valence-corrected chi connectivity index (χ4v) is 3.34. The summed E-state index contributed by atoms with van der Waals surface area (Å²) in [5.74, 6) is -0.213. The van der Waals surface area contributed by atoms with Crippen molar-refractivity contribution in [3.63, 3.8) is 0 Å². The average molecular weight is 429 g/mol. The Morgan fingerprint density at radius 3 is 2.35 bits per heavy atom. The highest BCUT2D eigenvalue weighted by Gasteiger charge is 2.13. The summed E-state index contributed by atoms with van der Waals surface area (Å²) in [6.45, 7) is 0.531. The molecule has 0 atom stereocenters. The molecular weight excluding hydrogens is 412 g/mol. The highest BCUT2D eigenvalue weighted by molar-refractivity contribution is 9.10. The highest BCUT2D eigenvalue weighted by Crippen LogP contribution is 2.16. The number of benzene rings is 2. The summed E-state index contributed by atoms with van der Waals surface area (Å²) < 4.78 is 1.01. The summed E-state index contributed by atoms with van der Waals surface area (Å²) in [6.07, 6.45) is 0. The number of halogens is 1. The molecule has 0 aliphatic carbocycles. The molecule has 0 fully saturated rings. The van der Waals surface area contributed by atoms with Crippen molar-refractivity contribution in [1.82, 2.24) is 4.90 Å². The van der Waals surface area contributed by atoms with Gasteiger partial charge in [-0.05, 0) is 53.4 Å². The van der Waals surface area contributed by atoms with Crippen LogP contribution in [0.2, 0.25) is 0 Å².